The van der Waals surface area contributed by atoms with Gasteiger partial charge in [0.05, 0.1) is 23.0 Å². The second-order valence-corrected chi connectivity index (χ2v) is 9.88. The van der Waals surface area contributed by atoms with Crippen LogP contribution in [0.4, 0.5) is 11.4 Å². The minimum atomic E-state index is -0.916. The first-order chi connectivity index (χ1) is 20.4. The number of hydrogen-bond donors (Lipinski definition) is 2. The van der Waals surface area contributed by atoms with Crippen LogP contribution in [-0.4, -0.2) is 33.8 Å². The van der Waals surface area contributed by atoms with Gasteiger partial charge < -0.3 is 14.6 Å². The van der Waals surface area contributed by atoms with Crippen molar-refractivity contribution in [2.75, 3.05) is 12.5 Å². The Morgan fingerprint density at radius 1 is 1.02 bits per heavy atom. The average molecular weight is 581 g/mol. The molecule has 42 heavy (non-hydrogen) atoms. The number of halogens is 1. The number of fused-ring (bicyclic) bond motifs is 2. The summed E-state index contributed by atoms with van der Waals surface area (Å²) in [5.41, 5.74) is 5.05. The summed E-state index contributed by atoms with van der Waals surface area (Å²) in [7, 11) is 1.47. The van der Waals surface area contributed by atoms with Gasteiger partial charge in [0.2, 0.25) is 0 Å². The molecule has 0 bridgehead atoms. The molecule has 0 aliphatic carbocycles. The number of para-hydroxylation sites is 3. The summed E-state index contributed by atoms with van der Waals surface area (Å²) in [6.07, 6.45) is -0.815. The van der Waals surface area contributed by atoms with Crippen molar-refractivity contribution in [3.63, 3.8) is 0 Å². The van der Waals surface area contributed by atoms with Crippen LogP contribution in [0.5, 0.6) is 17.2 Å². The summed E-state index contributed by atoms with van der Waals surface area (Å²) < 4.78 is 13.2. The monoisotopic (exact) mass is 580 g/mol. The predicted octanol–water partition coefficient (Wildman–Crippen LogP) is 6.63. The van der Waals surface area contributed by atoms with E-state index in [0.29, 0.717) is 44.4 Å². The molecule has 0 fully saturated rings. The van der Waals surface area contributed by atoms with E-state index in [1.54, 1.807) is 73.7 Å². The van der Waals surface area contributed by atoms with E-state index < -0.39 is 12.1 Å². The zero-order valence-electron chi connectivity index (χ0n) is 22.6. The van der Waals surface area contributed by atoms with Gasteiger partial charge in [-0.15, -0.1) is 0 Å². The number of rotatable bonds is 5. The van der Waals surface area contributed by atoms with Crippen molar-refractivity contribution in [3.8, 4) is 17.2 Å². The zero-order valence-corrected chi connectivity index (χ0v) is 23.4. The molecule has 4 aromatic carbocycles. The van der Waals surface area contributed by atoms with Crippen LogP contribution in [0.3, 0.4) is 0 Å². The van der Waals surface area contributed by atoms with Gasteiger partial charge in [0.25, 0.3) is 5.56 Å². The third-order valence-electron chi connectivity index (χ3n) is 6.77. The maximum absolute atomic E-state index is 13.6. The van der Waals surface area contributed by atoms with Gasteiger partial charge >= 0.3 is 0 Å². The molecule has 1 aromatic heterocycles. The fourth-order valence-corrected chi connectivity index (χ4v) is 4.84. The number of methoxy groups -OCH3 is 1. The quantitative estimate of drug-likeness (QED) is 0.225. The number of amidine groups is 1. The number of phenols is 1. The third kappa shape index (κ3) is 5.15. The van der Waals surface area contributed by atoms with Crippen molar-refractivity contribution in [1.29, 1.82) is 0 Å². The Labute approximate surface area is 245 Å². The number of aromatic nitrogens is 2. The lowest BCUT2D eigenvalue weighted by molar-refractivity contribution is 0.197. The number of nitrogens with zero attached hydrogens (tertiary/aromatic N) is 5. The summed E-state index contributed by atoms with van der Waals surface area (Å²) in [6, 6.07) is 25.4. The van der Waals surface area contributed by atoms with Crippen molar-refractivity contribution in [2.45, 2.75) is 19.1 Å². The number of phenolic OH excluding ortho intramolecular Hbond substituents is 1. The first kappa shape index (κ1) is 27.0. The SMILES string of the molecule is COc1cc(C2Oc3ccccc3N=C(Nn3c(C)nc4ccccc4c3=O)C2N=Nc2ccccc2Cl)ccc1O. The average Bonchev–Trinajstić information content (AvgIpc) is 3.15. The van der Waals surface area contributed by atoms with Crippen LogP contribution in [-0.2, 0) is 0 Å². The minimum Gasteiger partial charge on any atom is -0.504 e. The number of hydrogen-bond acceptors (Lipinski definition) is 9. The number of aryl methyl sites for hydroxylation is 1. The summed E-state index contributed by atoms with van der Waals surface area (Å²) in [5, 5.41) is 20.3. The molecule has 0 amide bonds. The van der Waals surface area contributed by atoms with Crippen LogP contribution in [0.1, 0.15) is 17.5 Å². The van der Waals surface area contributed by atoms with Gasteiger partial charge in [0, 0.05) is 0 Å². The summed E-state index contributed by atoms with van der Waals surface area (Å²) in [5.74, 6) is 1.41. The molecule has 0 radical (unpaired) electrons. The Morgan fingerprint density at radius 3 is 2.62 bits per heavy atom. The van der Waals surface area contributed by atoms with Crippen molar-refractivity contribution < 1.29 is 14.6 Å². The summed E-state index contributed by atoms with van der Waals surface area (Å²) >= 11 is 6.39. The van der Waals surface area contributed by atoms with Crippen molar-refractivity contribution in [2.24, 2.45) is 15.2 Å². The van der Waals surface area contributed by atoms with Crippen LogP contribution < -0.4 is 20.5 Å². The Kier molecular flexibility index (Phi) is 7.28. The van der Waals surface area contributed by atoms with Gasteiger partial charge in [-0.05, 0) is 61.0 Å². The number of benzene rings is 4. The van der Waals surface area contributed by atoms with Crippen molar-refractivity contribution >= 4 is 39.7 Å². The molecule has 2 atom stereocenters. The van der Waals surface area contributed by atoms with E-state index in [-0.39, 0.29) is 22.9 Å². The second-order valence-electron chi connectivity index (χ2n) is 9.47. The normalized spacial score (nSPS) is 16.4. The molecule has 1 aliphatic rings. The van der Waals surface area contributed by atoms with Gasteiger partial charge in [-0.25, -0.2) is 14.7 Å². The standard InChI is InChI=1S/C31H25ClN6O4/c1-18-33-22-11-5-3-9-20(22)31(40)38(18)37-30-28(36-35-23-12-6-4-10-21(23)32)29(19-15-16-25(39)27(17-19)41-2)42-26-14-8-7-13-24(26)34-30/h3-17,28-29,39H,1-2H3,(H,34,37). The molecule has 11 heteroatoms. The molecule has 2 N–H and O–H groups in total. The van der Waals surface area contributed by atoms with E-state index in [4.69, 9.17) is 26.1 Å². The summed E-state index contributed by atoms with van der Waals surface area (Å²) in [4.78, 5) is 23.1. The smallest absolute Gasteiger partial charge is 0.280 e. The van der Waals surface area contributed by atoms with Gasteiger partial charge in [-0.2, -0.15) is 10.2 Å². The van der Waals surface area contributed by atoms with E-state index in [2.05, 4.69) is 20.6 Å². The Hall–Kier alpha value is -5.22. The first-order valence-corrected chi connectivity index (χ1v) is 13.4. The molecule has 10 nitrogen and oxygen atoms in total. The Morgan fingerprint density at radius 2 is 1.79 bits per heavy atom. The molecular weight excluding hydrogens is 556 g/mol. The van der Waals surface area contributed by atoms with E-state index in [1.807, 2.05) is 18.2 Å². The van der Waals surface area contributed by atoms with E-state index >= 15 is 0 Å². The topological polar surface area (TPSA) is 123 Å². The van der Waals surface area contributed by atoms with Crippen LogP contribution >= 0.6 is 11.6 Å². The molecule has 0 saturated carbocycles. The molecule has 0 spiro atoms. The van der Waals surface area contributed by atoms with E-state index in [0.717, 1.165) is 0 Å². The van der Waals surface area contributed by atoms with Gasteiger partial charge in [-0.3, -0.25) is 10.2 Å². The predicted molar refractivity (Wildman–Crippen MR) is 161 cm³/mol. The fourth-order valence-electron chi connectivity index (χ4n) is 4.66. The van der Waals surface area contributed by atoms with E-state index in [1.165, 1.54) is 17.9 Å². The fraction of sp³-hybridized carbons (Fsp3) is 0.129. The van der Waals surface area contributed by atoms with Crippen LogP contribution in [0.15, 0.2) is 111 Å². The minimum absolute atomic E-state index is 0.0269. The number of azo groups is 1. The maximum Gasteiger partial charge on any atom is 0.280 e. The zero-order chi connectivity index (χ0) is 29.2. The highest BCUT2D eigenvalue weighted by atomic mass is 35.5. The lowest BCUT2D eigenvalue weighted by Crippen LogP contribution is -2.42. The molecule has 6 rings (SSSR count). The van der Waals surface area contributed by atoms with Crippen LogP contribution in [0.2, 0.25) is 5.02 Å². The highest BCUT2D eigenvalue weighted by Gasteiger charge is 2.35. The lowest BCUT2D eigenvalue weighted by Gasteiger charge is -2.25. The molecule has 5 aromatic rings. The lowest BCUT2D eigenvalue weighted by atomic mass is 10.0. The molecule has 0 saturated heterocycles. The second kappa shape index (κ2) is 11.3. The Bertz CT molecular complexity index is 1920. The molecule has 210 valence electrons. The highest BCUT2D eigenvalue weighted by Crippen LogP contribution is 2.40. The number of aromatic hydroxyl groups is 1. The van der Waals surface area contributed by atoms with Crippen LogP contribution in [0, 0.1) is 6.92 Å². The first-order valence-electron chi connectivity index (χ1n) is 13.0. The van der Waals surface area contributed by atoms with Crippen molar-refractivity contribution in [1.82, 2.24) is 9.66 Å². The van der Waals surface area contributed by atoms with E-state index in [9.17, 15) is 9.90 Å². The highest BCUT2D eigenvalue weighted by molar-refractivity contribution is 6.32. The summed E-state index contributed by atoms with van der Waals surface area (Å²) in [6.45, 7) is 1.73. The molecule has 1 aliphatic heterocycles. The number of nitrogens with one attached hydrogen (secondary N) is 1. The van der Waals surface area contributed by atoms with Gasteiger partial charge in [0.15, 0.2) is 29.5 Å². The third-order valence-corrected chi connectivity index (χ3v) is 7.09. The number of ether oxygens (including phenoxy) is 2. The largest absolute Gasteiger partial charge is 0.504 e. The molecule has 2 heterocycles. The van der Waals surface area contributed by atoms with Crippen LogP contribution in [0.25, 0.3) is 10.9 Å². The molecule has 2 unspecified atom stereocenters. The van der Waals surface area contributed by atoms with Gasteiger partial charge in [-0.1, -0.05) is 54.1 Å². The molecular formula is C31H25ClN6O4. The maximum atomic E-state index is 13.6. The Balaban J connectivity index is 1.55. The van der Waals surface area contributed by atoms with Gasteiger partial charge in [0.1, 0.15) is 22.9 Å². The van der Waals surface area contributed by atoms with Crippen molar-refractivity contribution in [3.05, 3.63) is 118 Å². The number of aliphatic imine (C=N–C) groups is 1.